The van der Waals surface area contributed by atoms with Gasteiger partial charge in [-0.25, -0.2) is 8.42 Å². The van der Waals surface area contributed by atoms with Gasteiger partial charge in [-0.05, 0) is 36.1 Å². The highest BCUT2D eigenvalue weighted by Crippen LogP contribution is 2.24. The third-order valence-corrected chi connectivity index (χ3v) is 6.93. The molecular weight excluding hydrogens is 330 g/mol. The molecule has 1 aromatic heterocycles. The molecule has 1 aromatic carbocycles. The van der Waals surface area contributed by atoms with E-state index >= 15 is 0 Å². The number of hydrogen-bond donors (Lipinski definition) is 0. The van der Waals surface area contributed by atoms with Crippen LogP contribution >= 0.6 is 11.3 Å². The second-order valence-electron chi connectivity index (χ2n) is 5.40. The van der Waals surface area contributed by atoms with E-state index in [4.69, 9.17) is 0 Å². The average molecular weight is 347 g/mol. The first kappa shape index (κ1) is 16.0. The summed E-state index contributed by atoms with van der Waals surface area (Å²) in [5.41, 5.74) is 0. The molecule has 0 aliphatic carbocycles. The minimum Gasteiger partial charge on any atom is -0.338 e. The number of nitrogens with zero attached hydrogens (tertiary/aromatic N) is 1. The van der Waals surface area contributed by atoms with Crippen molar-refractivity contribution in [1.29, 1.82) is 0 Å². The number of hydrogen-bond acceptors (Lipinski definition) is 4. The Morgan fingerprint density at radius 3 is 2.65 bits per heavy atom. The molecule has 0 saturated carbocycles. The van der Waals surface area contributed by atoms with Crippen LogP contribution in [0, 0.1) is 0 Å². The van der Waals surface area contributed by atoms with Crippen LogP contribution in [-0.4, -0.2) is 37.6 Å². The van der Waals surface area contributed by atoms with Gasteiger partial charge in [-0.15, -0.1) is 11.3 Å². The van der Waals surface area contributed by atoms with Crippen molar-refractivity contribution in [1.82, 2.24) is 4.90 Å². The molecule has 0 unspecified atom stereocenters. The average Bonchev–Trinajstić information content (AvgIpc) is 3.25. The summed E-state index contributed by atoms with van der Waals surface area (Å²) < 4.78 is 25.2. The van der Waals surface area contributed by atoms with Crippen molar-refractivity contribution in [2.45, 2.75) is 16.6 Å². The van der Waals surface area contributed by atoms with Gasteiger partial charge in [0.25, 0.3) is 0 Å². The minimum atomic E-state index is -3.38. The van der Waals surface area contributed by atoms with Crippen molar-refractivity contribution in [2.75, 3.05) is 13.1 Å². The van der Waals surface area contributed by atoms with Crippen LogP contribution in [0.25, 0.3) is 6.08 Å². The highest BCUT2D eigenvalue weighted by atomic mass is 32.2. The Labute approximate surface area is 140 Å². The second kappa shape index (κ2) is 6.68. The summed E-state index contributed by atoms with van der Waals surface area (Å²) in [5, 5.41) is 1.42. The highest BCUT2D eigenvalue weighted by molar-refractivity contribution is 7.92. The number of sulfone groups is 1. The molecule has 1 fully saturated rings. The van der Waals surface area contributed by atoms with Crippen molar-refractivity contribution < 1.29 is 13.2 Å². The minimum absolute atomic E-state index is 0.135. The molecule has 3 rings (SSSR count). The molecule has 120 valence electrons. The van der Waals surface area contributed by atoms with E-state index in [9.17, 15) is 13.2 Å². The molecule has 23 heavy (non-hydrogen) atoms. The van der Waals surface area contributed by atoms with Crippen LogP contribution in [-0.2, 0) is 14.6 Å². The van der Waals surface area contributed by atoms with Gasteiger partial charge in [0.1, 0.15) is 0 Å². The summed E-state index contributed by atoms with van der Waals surface area (Å²) in [7, 11) is -3.38. The molecule has 0 spiro atoms. The van der Waals surface area contributed by atoms with E-state index in [1.54, 1.807) is 52.6 Å². The summed E-state index contributed by atoms with van der Waals surface area (Å²) in [6, 6.07) is 12.3. The van der Waals surface area contributed by atoms with E-state index < -0.39 is 15.1 Å². The molecule has 1 amide bonds. The topological polar surface area (TPSA) is 54.5 Å². The zero-order chi connectivity index (χ0) is 16.3. The van der Waals surface area contributed by atoms with Gasteiger partial charge in [-0.2, -0.15) is 0 Å². The summed E-state index contributed by atoms with van der Waals surface area (Å²) in [4.78, 5) is 15.1. The molecule has 1 saturated heterocycles. The number of rotatable bonds is 4. The monoisotopic (exact) mass is 347 g/mol. The van der Waals surface area contributed by atoms with E-state index in [1.165, 1.54) is 6.08 Å². The fraction of sp³-hybridized carbons (Fsp3) is 0.235. The third kappa shape index (κ3) is 3.54. The molecular formula is C17H17NO3S2. The number of carbonyl (C=O) groups excluding carboxylic acids is 1. The summed E-state index contributed by atoms with van der Waals surface area (Å²) in [5.74, 6) is -0.135. The molecule has 1 aliphatic rings. The van der Waals surface area contributed by atoms with Crippen molar-refractivity contribution in [2.24, 2.45) is 0 Å². The summed E-state index contributed by atoms with van der Waals surface area (Å²) >= 11 is 1.56. The first-order valence-corrected chi connectivity index (χ1v) is 9.79. The molecule has 1 atom stereocenters. The normalized spacial score (nSPS) is 18.6. The van der Waals surface area contributed by atoms with Crippen LogP contribution in [0.4, 0.5) is 0 Å². The van der Waals surface area contributed by atoms with Crippen LogP contribution in [0.3, 0.4) is 0 Å². The van der Waals surface area contributed by atoms with Crippen molar-refractivity contribution in [3.05, 3.63) is 58.8 Å². The van der Waals surface area contributed by atoms with Crippen molar-refractivity contribution in [3.8, 4) is 0 Å². The Balaban J connectivity index is 1.67. The SMILES string of the molecule is O=C(/C=C/c1cccs1)N1CC[C@@H](S(=O)(=O)c2ccccc2)C1. The van der Waals surface area contributed by atoms with E-state index in [0.29, 0.717) is 17.9 Å². The molecule has 0 bridgehead atoms. The van der Waals surface area contributed by atoms with Gasteiger partial charge < -0.3 is 4.90 Å². The maximum absolute atomic E-state index is 12.6. The summed E-state index contributed by atoms with van der Waals surface area (Å²) in [6.07, 6.45) is 3.77. The quantitative estimate of drug-likeness (QED) is 0.799. The Kier molecular flexibility index (Phi) is 4.63. The van der Waals surface area contributed by atoms with E-state index in [1.807, 2.05) is 17.5 Å². The Bertz CT molecular complexity index is 796. The van der Waals surface area contributed by atoms with Gasteiger partial charge in [-0.3, -0.25) is 4.79 Å². The predicted octanol–water partition coefficient (Wildman–Crippen LogP) is 2.84. The van der Waals surface area contributed by atoms with Gasteiger partial charge >= 0.3 is 0 Å². The van der Waals surface area contributed by atoms with E-state index in [2.05, 4.69) is 0 Å². The number of carbonyl (C=O) groups is 1. The first-order valence-electron chi connectivity index (χ1n) is 7.37. The number of benzene rings is 1. The Morgan fingerprint density at radius 1 is 1.17 bits per heavy atom. The van der Waals surface area contributed by atoms with Gasteiger partial charge in [0.15, 0.2) is 9.84 Å². The number of thiophene rings is 1. The smallest absolute Gasteiger partial charge is 0.246 e. The van der Waals surface area contributed by atoms with Crippen molar-refractivity contribution >= 4 is 33.2 Å². The zero-order valence-corrected chi connectivity index (χ0v) is 14.1. The predicted molar refractivity (Wildman–Crippen MR) is 92.0 cm³/mol. The van der Waals surface area contributed by atoms with Crippen LogP contribution < -0.4 is 0 Å². The van der Waals surface area contributed by atoms with Crippen LogP contribution in [0.1, 0.15) is 11.3 Å². The van der Waals surface area contributed by atoms with E-state index in [-0.39, 0.29) is 12.5 Å². The van der Waals surface area contributed by atoms with Gasteiger partial charge in [0.2, 0.25) is 5.91 Å². The van der Waals surface area contributed by atoms with Crippen molar-refractivity contribution in [3.63, 3.8) is 0 Å². The maximum atomic E-state index is 12.6. The van der Waals surface area contributed by atoms with Crippen LogP contribution in [0.5, 0.6) is 0 Å². The lowest BCUT2D eigenvalue weighted by atomic mass is 10.4. The fourth-order valence-electron chi connectivity index (χ4n) is 2.63. The zero-order valence-electron chi connectivity index (χ0n) is 12.5. The maximum Gasteiger partial charge on any atom is 0.246 e. The van der Waals surface area contributed by atoms with Crippen LogP contribution in [0.2, 0.25) is 0 Å². The highest BCUT2D eigenvalue weighted by Gasteiger charge is 2.35. The summed E-state index contributed by atoms with van der Waals surface area (Å²) in [6.45, 7) is 0.731. The lowest BCUT2D eigenvalue weighted by molar-refractivity contribution is -0.124. The molecule has 6 heteroatoms. The lowest BCUT2D eigenvalue weighted by Gasteiger charge is -2.15. The molecule has 0 N–H and O–H groups in total. The van der Waals surface area contributed by atoms with Gasteiger partial charge in [0.05, 0.1) is 10.1 Å². The first-order chi connectivity index (χ1) is 11.1. The standard InChI is InChI=1S/C17H17NO3S2/c19-17(9-8-14-5-4-12-22-14)18-11-10-16(13-18)23(20,21)15-6-2-1-3-7-15/h1-9,12,16H,10-11,13H2/b9-8+/t16-/m1/s1. The fourth-order valence-corrected chi connectivity index (χ4v) is 4.96. The molecule has 0 radical (unpaired) electrons. The van der Waals surface area contributed by atoms with E-state index in [0.717, 1.165) is 4.88 Å². The molecule has 2 heterocycles. The third-order valence-electron chi connectivity index (χ3n) is 3.90. The second-order valence-corrected chi connectivity index (χ2v) is 8.61. The number of likely N-dealkylation sites (tertiary alicyclic amines) is 1. The largest absolute Gasteiger partial charge is 0.338 e. The van der Waals surface area contributed by atoms with Gasteiger partial charge in [-0.1, -0.05) is 24.3 Å². The molecule has 4 nitrogen and oxygen atoms in total. The Morgan fingerprint density at radius 2 is 1.96 bits per heavy atom. The molecule has 1 aliphatic heterocycles. The van der Waals surface area contributed by atoms with Crippen LogP contribution in [0.15, 0.2) is 58.8 Å². The molecule has 2 aromatic rings. The number of amides is 1. The Hall–Kier alpha value is -1.92. The lowest BCUT2D eigenvalue weighted by Crippen LogP contribution is -2.30. The van der Waals surface area contributed by atoms with Gasteiger partial charge in [0, 0.05) is 24.0 Å².